The molecule has 0 aliphatic heterocycles. The van der Waals surface area contributed by atoms with Gasteiger partial charge in [-0.05, 0) is 32.1 Å². The van der Waals surface area contributed by atoms with Crippen LogP contribution in [0.3, 0.4) is 0 Å². The number of aliphatic carboxylic acids is 1. The molecule has 0 aromatic rings. The molecule has 22 heavy (non-hydrogen) atoms. The number of allylic oxidation sites excluding steroid dienone is 5. The van der Waals surface area contributed by atoms with Crippen LogP contribution in [-0.4, -0.2) is 22.4 Å². The molecule has 0 aliphatic rings. The van der Waals surface area contributed by atoms with Gasteiger partial charge in [-0.3, -0.25) is 10.1 Å². The molecule has 4 nitrogen and oxygen atoms in total. The molecule has 0 aromatic carbocycles. The van der Waals surface area contributed by atoms with Gasteiger partial charge in [-0.25, -0.2) is 4.89 Å². The van der Waals surface area contributed by atoms with E-state index < -0.39 is 5.97 Å². The number of hydrogen-bond donors (Lipinski definition) is 2. The van der Waals surface area contributed by atoms with E-state index in [2.05, 4.69) is 23.1 Å². The van der Waals surface area contributed by atoms with Crippen LogP contribution < -0.4 is 0 Å². The first-order valence-corrected chi connectivity index (χ1v) is 8.21. The van der Waals surface area contributed by atoms with Crippen LogP contribution in [-0.2, 0) is 9.68 Å². The molecule has 0 radical (unpaired) electrons. The van der Waals surface area contributed by atoms with E-state index in [4.69, 9.17) is 10.4 Å². The maximum atomic E-state index is 10.3. The van der Waals surface area contributed by atoms with Crippen molar-refractivity contribution in [2.45, 2.75) is 70.8 Å². The molecular formula is C18H30O4. The molecule has 4 heteroatoms. The second-order valence-electron chi connectivity index (χ2n) is 5.27. The monoisotopic (exact) mass is 310 g/mol. The van der Waals surface area contributed by atoms with E-state index in [0.717, 1.165) is 38.5 Å². The predicted octanol–water partition coefficient (Wildman–Crippen LogP) is 5.13. The van der Waals surface area contributed by atoms with Crippen LogP contribution in [0.4, 0.5) is 0 Å². The van der Waals surface area contributed by atoms with Crippen LogP contribution in [0, 0.1) is 0 Å². The minimum absolute atomic E-state index is 0.226. The van der Waals surface area contributed by atoms with Gasteiger partial charge in [-0.15, -0.1) is 0 Å². The van der Waals surface area contributed by atoms with Gasteiger partial charge in [0, 0.05) is 6.42 Å². The van der Waals surface area contributed by atoms with Gasteiger partial charge in [0.1, 0.15) is 6.10 Å². The number of hydrogen-bond acceptors (Lipinski definition) is 3. The molecule has 0 saturated carbocycles. The smallest absolute Gasteiger partial charge is 0.303 e. The molecule has 126 valence electrons. The maximum absolute atomic E-state index is 10.3. The minimum Gasteiger partial charge on any atom is -0.481 e. The fraction of sp³-hybridized carbons (Fsp3) is 0.611. The highest BCUT2D eigenvalue weighted by Crippen LogP contribution is 2.07. The Balaban J connectivity index is 3.42. The summed E-state index contributed by atoms with van der Waals surface area (Å²) in [6.07, 6.45) is 20.1. The topological polar surface area (TPSA) is 66.8 Å². The van der Waals surface area contributed by atoms with E-state index in [1.165, 1.54) is 12.8 Å². The first-order chi connectivity index (χ1) is 10.7. The van der Waals surface area contributed by atoms with Crippen LogP contribution in [0.1, 0.15) is 64.7 Å². The van der Waals surface area contributed by atoms with Crippen LogP contribution in [0.15, 0.2) is 36.5 Å². The summed E-state index contributed by atoms with van der Waals surface area (Å²) in [5.41, 5.74) is 0. The van der Waals surface area contributed by atoms with Crippen molar-refractivity contribution in [3.63, 3.8) is 0 Å². The lowest BCUT2D eigenvalue weighted by Crippen LogP contribution is -2.03. The summed E-state index contributed by atoms with van der Waals surface area (Å²) in [6.45, 7) is 1.95. The van der Waals surface area contributed by atoms with Crippen molar-refractivity contribution >= 4 is 5.97 Å². The lowest BCUT2D eigenvalue weighted by Gasteiger charge is -2.02. The minimum atomic E-state index is -0.695. The van der Waals surface area contributed by atoms with Crippen molar-refractivity contribution in [2.24, 2.45) is 0 Å². The standard InChI is InChI=1S/C18H30O4/c1-2-17(22-21)15-13-11-9-7-5-3-4-6-8-10-12-14-16-18(19)20/h3,5,9,11,13,15,17,21H,2,4,6-8,10,12,14,16H2,1H3,(H,19,20)/b5-3-,11-9+,15-13+. The van der Waals surface area contributed by atoms with Crippen LogP contribution in [0.2, 0.25) is 0 Å². The van der Waals surface area contributed by atoms with Crippen molar-refractivity contribution in [3.05, 3.63) is 36.5 Å². The van der Waals surface area contributed by atoms with Crippen LogP contribution >= 0.6 is 0 Å². The van der Waals surface area contributed by atoms with Crippen molar-refractivity contribution in [3.8, 4) is 0 Å². The molecule has 0 aromatic heterocycles. The van der Waals surface area contributed by atoms with E-state index in [1.54, 1.807) is 0 Å². The van der Waals surface area contributed by atoms with Crippen molar-refractivity contribution in [1.29, 1.82) is 0 Å². The highest BCUT2D eigenvalue weighted by molar-refractivity contribution is 5.66. The molecule has 0 amide bonds. The summed E-state index contributed by atoms with van der Waals surface area (Å²) < 4.78 is 0. The summed E-state index contributed by atoms with van der Waals surface area (Å²) in [5.74, 6) is -0.695. The molecule has 0 spiro atoms. The number of carboxylic acid groups (broad SMARTS) is 1. The third-order valence-corrected chi connectivity index (χ3v) is 3.31. The zero-order chi connectivity index (χ0) is 16.5. The summed E-state index contributed by atoms with van der Waals surface area (Å²) in [4.78, 5) is 14.6. The fourth-order valence-electron chi connectivity index (χ4n) is 1.95. The lowest BCUT2D eigenvalue weighted by atomic mass is 10.1. The van der Waals surface area contributed by atoms with Gasteiger partial charge in [0.25, 0.3) is 0 Å². The Morgan fingerprint density at radius 2 is 1.77 bits per heavy atom. The first kappa shape index (κ1) is 20.6. The van der Waals surface area contributed by atoms with E-state index >= 15 is 0 Å². The Kier molecular flexibility index (Phi) is 15.0. The average molecular weight is 310 g/mol. The Morgan fingerprint density at radius 1 is 1.05 bits per heavy atom. The quantitative estimate of drug-likeness (QED) is 0.153. The lowest BCUT2D eigenvalue weighted by molar-refractivity contribution is -0.266. The molecule has 0 bridgehead atoms. The van der Waals surface area contributed by atoms with Gasteiger partial charge < -0.3 is 5.11 Å². The van der Waals surface area contributed by atoms with Gasteiger partial charge in [0.2, 0.25) is 0 Å². The molecule has 1 atom stereocenters. The van der Waals surface area contributed by atoms with E-state index in [-0.39, 0.29) is 6.10 Å². The van der Waals surface area contributed by atoms with Crippen molar-refractivity contribution < 1.29 is 20.0 Å². The third-order valence-electron chi connectivity index (χ3n) is 3.31. The number of carboxylic acids is 1. The zero-order valence-electron chi connectivity index (χ0n) is 13.6. The third kappa shape index (κ3) is 15.0. The van der Waals surface area contributed by atoms with Gasteiger partial charge in [0.15, 0.2) is 0 Å². The molecule has 0 heterocycles. The summed E-state index contributed by atoms with van der Waals surface area (Å²) in [7, 11) is 0. The second kappa shape index (κ2) is 16.0. The van der Waals surface area contributed by atoms with E-state index in [0.29, 0.717) is 6.42 Å². The first-order valence-electron chi connectivity index (χ1n) is 8.21. The van der Waals surface area contributed by atoms with Crippen LogP contribution in [0.25, 0.3) is 0 Å². The highest BCUT2D eigenvalue weighted by atomic mass is 17.1. The number of rotatable bonds is 14. The van der Waals surface area contributed by atoms with E-state index in [1.807, 2.05) is 25.2 Å². The van der Waals surface area contributed by atoms with Crippen molar-refractivity contribution in [2.75, 3.05) is 0 Å². The second-order valence-corrected chi connectivity index (χ2v) is 5.27. The zero-order valence-corrected chi connectivity index (χ0v) is 13.6. The van der Waals surface area contributed by atoms with E-state index in [9.17, 15) is 4.79 Å². The average Bonchev–Trinajstić information content (AvgIpc) is 2.51. The molecule has 0 rings (SSSR count). The Morgan fingerprint density at radius 3 is 2.45 bits per heavy atom. The number of carbonyl (C=O) groups is 1. The molecule has 2 N–H and O–H groups in total. The fourth-order valence-corrected chi connectivity index (χ4v) is 1.95. The van der Waals surface area contributed by atoms with Crippen LogP contribution in [0.5, 0.6) is 0 Å². The summed E-state index contributed by atoms with van der Waals surface area (Å²) in [6, 6.07) is 0. The molecule has 0 fully saturated rings. The Hall–Kier alpha value is -1.39. The van der Waals surface area contributed by atoms with Crippen molar-refractivity contribution in [1.82, 2.24) is 0 Å². The highest BCUT2D eigenvalue weighted by Gasteiger charge is 1.97. The number of unbranched alkanes of at least 4 members (excludes halogenated alkanes) is 5. The van der Waals surface area contributed by atoms with Gasteiger partial charge >= 0.3 is 5.97 Å². The summed E-state index contributed by atoms with van der Waals surface area (Å²) >= 11 is 0. The molecule has 0 saturated heterocycles. The SMILES string of the molecule is CCC(/C=C/C=C/C/C=C\CCCCCCCC(=O)O)OO. The molecule has 1 unspecified atom stereocenters. The Bertz CT molecular complexity index is 341. The maximum Gasteiger partial charge on any atom is 0.303 e. The normalized spacial score (nSPS) is 13.5. The van der Waals surface area contributed by atoms with Gasteiger partial charge in [-0.1, -0.05) is 62.6 Å². The molecule has 0 aliphatic carbocycles. The largest absolute Gasteiger partial charge is 0.481 e. The Labute approximate surface area is 134 Å². The van der Waals surface area contributed by atoms with Gasteiger partial charge in [0.05, 0.1) is 0 Å². The van der Waals surface area contributed by atoms with Gasteiger partial charge in [-0.2, -0.15) is 0 Å². The molecular weight excluding hydrogens is 280 g/mol. The predicted molar refractivity (Wildman–Crippen MR) is 89.8 cm³/mol. The summed E-state index contributed by atoms with van der Waals surface area (Å²) in [5, 5.41) is 17.0.